The Hall–Kier alpha value is -1.14. The third-order valence-corrected chi connectivity index (χ3v) is 6.50. The molecule has 0 spiro atoms. The molecule has 0 rings (SSSR count). The first-order chi connectivity index (χ1) is 17.6. The van der Waals surface area contributed by atoms with Crippen molar-refractivity contribution in [2.24, 2.45) is 0 Å². The van der Waals surface area contributed by atoms with Crippen molar-refractivity contribution in [3.05, 3.63) is 0 Å². The van der Waals surface area contributed by atoms with E-state index in [2.05, 4.69) is 13.8 Å². The molecule has 0 aromatic rings. The highest BCUT2D eigenvalue weighted by molar-refractivity contribution is 5.71. The van der Waals surface area contributed by atoms with E-state index < -0.39 is 5.97 Å². The SMILES string of the molecule is CCCCCCCCCCCOCC(COC(=O)CCCC(=O)O)OCCCCCCCCCCC. The summed E-state index contributed by atoms with van der Waals surface area (Å²) in [4.78, 5) is 22.5. The topological polar surface area (TPSA) is 82.1 Å². The van der Waals surface area contributed by atoms with E-state index in [-0.39, 0.29) is 31.5 Å². The molecule has 36 heavy (non-hydrogen) atoms. The Bertz CT molecular complexity index is 482. The third-order valence-electron chi connectivity index (χ3n) is 6.50. The minimum atomic E-state index is -0.894. The molecule has 0 saturated heterocycles. The van der Waals surface area contributed by atoms with E-state index >= 15 is 0 Å². The Morgan fingerprint density at radius 1 is 0.583 bits per heavy atom. The number of carbonyl (C=O) groups is 2. The van der Waals surface area contributed by atoms with Gasteiger partial charge in [-0.25, -0.2) is 0 Å². The van der Waals surface area contributed by atoms with Crippen molar-refractivity contribution in [2.45, 2.75) is 155 Å². The van der Waals surface area contributed by atoms with E-state index in [4.69, 9.17) is 19.3 Å². The molecule has 0 aromatic heterocycles. The quantitative estimate of drug-likeness (QED) is 0.0799. The highest BCUT2D eigenvalue weighted by atomic mass is 16.6. The summed E-state index contributed by atoms with van der Waals surface area (Å²) in [6, 6.07) is 0. The molecule has 0 saturated carbocycles. The molecule has 0 heterocycles. The molecule has 0 bridgehead atoms. The Balaban J connectivity index is 3.99. The lowest BCUT2D eigenvalue weighted by Gasteiger charge is -2.18. The number of ether oxygens (including phenoxy) is 3. The minimum absolute atomic E-state index is 0.0184. The predicted octanol–water partition coefficient (Wildman–Crippen LogP) is 8.25. The average molecular weight is 515 g/mol. The molecule has 1 unspecified atom stereocenters. The van der Waals surface area contributed by atoms with Crippen LogP contribution < -0.4 is 0 Å². The van der Waals surface area contributed by atoms with E-state index in [1.54, 1.807) is 0 Å². The van der Waals surface area contributed by atoms with Gasteiger partial charge in [-0.05, 0) is 19.3 Å². The van der Waals surface area contributed by atoms with Gasteiger partial charge in [0.15, 0.2) is 0 Å². The Labute approximate surface area is 222 Å². The maximum Gasteiger partial charge on any atom is 0.305 e. The number of hydrogen-bond acceptors (Lipinski definition) is 5. The van der Waals surface area contributed by atoms with E-state index in [1.165, 1.54) is 96.3 Å². The zero-order valence-electron chi connectivity index (χ0n) is 23.7. The number of rotatable bonds is 29. The zero-order chi connectivity index (χ0) is 26.5. The van der Waals surface area contributed by atoms with Crippen LogP contribution in [0.15, 0.2) is 0 Å². The van der Waals surface area contributed by atoms with Crippen LogP contribution in [0.1, 0.15) is 149 Å². The zero-order valence-corrected chi connectivity index (χ0v) is 23.7. The summed E-state index contributed by atoms with van der Waals surface area (Å²) in [6.07, 6.45) is 23.1. The summed E-state index contributed by atoms with van der Waals surface area (Å²) < 4.78 is 17.2. The van der Waals surface area contributed by atoms with Crippen LogP contribution in [-0.4, -0.2) is 49.6 Å². The van der Waals surface area contributed by atoms with Crippen LogP contribution in [0.5, 0.6) is 0 Å². The molecule has 1 atom stereocenters. The van der Waals surface area contributed by atoms with Gasteiger partial charge in [-0.2, -0.15) is 0 Å². The molecule has 0 amide bonds. The van der Waals surface area contributed by atoms with Gasteiger partial charge in [0.25, 0.3) is 0 Å². The van der Waals surface area contributed by atoms with E-state index in [0.29, 0.717) is 26.2 Å². The van der Waals surface area contributed by atoms with Crippen molar-refractivity contribution < 1.29 is 28.9 Å². The van der Waals surface area contributed by atoms with Gasteiger partial charge in [0.2, 0.25) is 0 Å². The maximum atomic E-state index is 11.9. The summed E-state index contributed by atoms with van der Waals surface area (Å²) in [5.74, 6) is -1.26. The number of unbranched alkanes of at least 4 members (excludes halogenated alkanes) is 16. The standard InChI is InChI=1S/C30H58O6/c1-3-5-7-9-11-13-15-17-19-24-34-26-28(27-36-30(33)23-21-22-29(31)32)35-25-20-18-16-14-12-10-8-6-4-2/h28H,3-27H2,1-2H3,(H,31,32). The average Bonchev–Trinajstić information content (AvgIpc) is 2.86. The Morgan fingerprint density at radius 3 is 1.56 bits per heavy atom. The highest BCUT2D eigenvalue weighted by Gasteiger charge is 2.14. The lowest BCUT2D eigenvalue weighted by atomic mass is 10.1. The molecule has 0 aliphatic carbocycles. The molecule has 0 aromatic carbocycles. The van der Waals surface area contributed by atoms with Crippen LogP contribution >= 0.6 is 0 Å². The van der Waals surface area contributed by atoms with Crippen LogP contribution in [0.2, 0.25) is 0 Å². The van der Waals surface area contributed by atoms with Gasteiger partial charge in [0.1, 0.15) is 12.7 Å². The van der Waals surface area contributed by atoms with Gasteiger partial charge in [-0.3, -0.25) is 9.59 Å². The largest absolute Gasteiger partial charge is 0.481 e. The second kappa shape index (κ2) is 28.4. The molecule has 0 fully saturated rings. The molecule has 6 nitrogen and oxygen atoms in total. The lowest BCUT2D eigenvalue weighted by Crippen LogP contribution is -2.28. The number of esters is 1. The number of carboxylic acids is 1. The highest BCUT2D eigenvalue weighted by Crippen LogP contribution is 2.11. The van der Waals surface area contributed by atoms with Crippen molar-refractivity contribution in [3.63, 3.8) is 0 Å². The monoisotopic (exact) mass is 514 g/mol. The van der Waals surface area contributed by atoms with Crippen LogP contribution in [0, 0.1) is 0 Å². The molecule has 214 valence electrons. The van der Waals surface area contributed by atoms with E-state index in [9.17, 15) is 9.59 Å². The maximum absolute atomic E-state index is 11.9. The second-order valence-corrected chi connectivity index (χ2v) is 10.2. The second-order valence-electron chi connectivity index (χ2n) is 10.2. The van der Waals surface area contributed by atoms with Gasteiger partial charge in [-0.1, -0.05) is 117 Å². The normalized spacial score (nSPS) is 12.1. The molecular weight excluding hydrogens is 456 g/mol. The van der Waals surface area contributed by atoms with Crippen molar-refractivity contribution in [1.29, 1.82) is 0 Å². The van der Waals surface area contributed by atoms with Crippen LogP contribution in [0.4, 0.5) is 0 Å². The molecule has 1 N–H and O–H groups in total. The first kappa shape index (κ1) is 34.9. The van der Waals surface area contributed by atoms with Gasteiger partial charge in [0, 0.05) is 26.1 Å². The number of carboxylic acid groups (broad SMARTS) is 1. The Kier molecular flexibility index (Phi) is 27.5. The van der Waals surface area contributed by atoms with Gasteiger partial charge >= 0.3 is 11.9 Å². The summed E-state index contributed by atoms with van der Waals surface area (Å²) in [5.41, 5.74) is 0. The molecule has 0 aliphatic heterocycles. The first-order valence-electron chi connectivity index (χ1n) is 15.2. The van der Waals surface area contributed by atoms with Crippen molar-refractivity contribution in [3.8, 4) is 0 Å². The van der Waals surface area contributed by atoms with Gasteiger partial charge < -0.3 is 19.3 Å². The molecule has 0 radical (unpaired) electrons. The minimum Gasteiger partial charge on any atom is -0.481 e. The van der Waals surface area contributed by atoms with Gasteiger partial charge in [0.05, 0.1) is 6.61 Å². The smallest absolute Gasteiger partial charge is 0.305 e. The summed E-state index contributed by atoms with van der Waals surface area (Å²) in [7, 11) is 0. The van der Waals surface area contributed by atoms with Gasteiger partial charge in [-0.15, -0.1) is 0 Å². The fraction of sp³-hybridized carbons (Fsp3) is 0.933. The summed E-state index contributed by atoms with van der Waals surface area (Å²) in [5, 5.41) is 8.71. The number of hydrogen-bond donors (Lipinski definition) is 1. The lowest BCUT2D eigenvalue weighted by molar-refractivity contribution is -0.150. The third kappa shape index (κ3) is 27.4. The first-order valence-corrected chi connectivity index (χ1v) is 15.2. The summed E-state index contributed by atoms with van der Waals surface area (Å²) >= 11 is 0. The fourth-order valence-electron chi connectivity index (χ4n) is 4.18. The van der Waals surface area contributed by atoms with Crippen molar-refractivity contribution >= 4 is 11.9 Å². The van der Waals surface area contributed by atoms with Crippen molar-refractivity contribution in [2.75, 3.05) is 26.4 Å². The van der Waals surface area contributed by atoms with Crippen LogP contribution in [-0.2, 0) is 23.8 Å². The molecular formula is C30H58O6. The summed E-state index contributed by atoms with van der Waals surface area (Å²) in [6.45, 7) is 6.45. The van der Waals surface area contributed by atoms with E-state index in [1.807, 2.05) is 0 Å². The fourth-order valence-corrected chi connectivity index (χ4v) is 4.18. The number of carbonyl (C=O) groups excluding carboxylic acids is 1. The molecule has 6 heteroatoms. The number of aliphatic carboxylic acids is 1. The Morgan fingerprint density at radius 2 is 1.06 bits per heavy atom. The van der Waals surface area contributed by atoms with E-state index in [0.717, 1.165) is 19.3 Å². The molecule has 0 aliphatic rings. The predicted molar refractivity (Wildman–Crippen MR) is 147 cm³/mol. The van der Waals surface area contributed by atoms with Crippen molar-refractivity contribution in [1.82, 2.24) is 0 Å². The van der Waals surface area contributed by atoms with Crippen LogP contribution in [0.25, 0.3) is 0 Å². The van der Waals surface area contributed by atoms with Crippen LogP contribution in [0.3, 0.4) is 0 Å².